The molecule has 3 heteroatoms. The Morgan fingerprint density at radius 3 is 2.36 bits per heavy atom. The minimum Gasteiger partial charge on any atom is -0.224 e. The predicted molar refractivity (Wildman–Crippen MR) is 104 cm³/mol. The van der Waals surface area contributed by atoms with Crippen molar-refractivity contribution in [3.8, 4) is 0 Å². The molecule has 0 aromatic heterocycles. The summed E-state index contributed by atoms with van der Waals surface area (Å²) < 4.78 is 26.4. The van der Waals surface area contributed by atoms with Crippen molar-refractivity contribution in [3.63, 3.8) is 0 Å². The average molecular weight is 357 g/mol. The number of hydrogen-bond donors (Lipinski definition) is 0. The minimum atomic E-state index is -3.27. The van der Waals surface area contributed by atoms with Crippen LogP contribution in [0.15, 0.2) is 59.5 Å². The highest BCUT2D eigenvalue weighted by Crippen LogP contribution is 2.48. The van der Waals surface area contributed by atoms with Crippen LogP contribution in [0, 0.1) is 5.41 Å². The molecule has 134 valence electrons. The molecule has 0 fully saturated rings. The molecule has 0 N–H and O–H groups in total. The van der Waals surface area contributed by atoms with E-state index in [9.17, 15) is 8.42 Å². The Bertz CT molecular complexity index is 811. The van der Waals surface area contributed by atoms with Crippen LogP contribution in [0.4, 0.5) is 0 Å². The van der Waals surface area contributed by atoms with E-state index in [4.69, 9.17) is 0 Å². The number of rotatable bonds is 5. The van der Waals surface area contributed by atoms with Crippen LogP contribution in [0.1, 0.15) is 63.0 Å². The molecular weight excluding hydrogens is 328 g/mol. The first-order chi connectivity index (χ1) is 12.0. The summed E-state index contributed by atoms with van der Waals surface area (Å²) in [6, 6.07) is 18.0. The van der Waals surface area contributed by atoms with E-state index < -0.39 is 9.84 Å². The lowest BCUT2D eigenvalue weighted by Crippen LogP contribution is -2.29. The maximum Gasteiger partial charge on any atom is 0.179 e. The Hall–Kier alpha value is -1.61. The van der Waals surface area contributed by atoms with Crippen LogP contribution in [0.5, 0.6) is 0 Å². The van der Waals surface area contributed by atoms with Gasteiger partial charge >= 0.3 is 0 Å². The molecule has 25 heavy (non-hydrogen) atoms. The zero-order chi connectivity index (χ0) is 17.9. The van der Waals surface area contributed by atoms with Gasteiger partial charge in [-0.25, -0.2) is 8.42 Å². The third-order valence-electron chi connectivity index (χ3n) is 5.78. The van der Waals surface area contributed by atoms with Gasteiger partial charge in [-0.05, 0) is 41.9 Å². The first-order valence-corrected chi connectivity index (χ1v) is 11.0. The van der Waals surface area contributed by atoms with Crippen LogP contribution >= 0.6 is 0 Å². The molecule has 0 radical (unpaired) electrons. The molecule has 0 bridgehead atoms. The zero-order valence-corrected chi connectivity index (χ0v) is 16.1. The van der Waals surface area contributed by atoms with E-state index in [0.717, 1.165) is 37.7 Å². The van der Waals surface area contributed by atoms with E-state index in [1.54, 1.807) is 6.07 Å². The number of benzene rings is 2. The highest BCUT2D eigenvalue weighted by Gasteiger charge is 2.41. The molecule has 1 aliphatic rings. The van der Waals surface area contributed by atoms with Gasteiger partial charge in [0, 0.05) is 5.92 Å². The Morgan fingerprint density at radius 2 is 1.68 bits per heavy atom. The predicted octanol–water partition coefficient (Wildman–Crippen LogP) is 5.58. The minimum absolute atomic E-state index is 0.144. The molecule has 1 heterocycles. The second-order valence-electron chi connectivity index (χ2n) is 7.42. The van der Waals surface area contributed by atoms with Gasteiger partial charge in [0.1, 0.15) is 0 Å². The van der Waals surface area contributed by atoms with E-state index >= 15 is 0 Å². The van der Waals surface area contributed by atoms with Crippen LogP contribution in [-0.2, 0) is 9.84 Å². The maximum atomic E-state index is 13.2. The zero-order valence-electron chi connectivity index (χ0n) is 15.2. The first-order valence-electron chi connectivity index (χ1n) is 9.38. The molecule has 2 aromatic carbocycles. The van der Waals surface area contributed by atoms with E-state index in [-0.39, 0.29) is 17.1 Å². The molecule has 3 rings (SSSR count). The van der Waals surface area contributed by atoms with Crippen molar-refractivity contribution in [2.45, 2.75) is 56.8 Å². The van der Waals surface area contributed by atoms with Crippen LogP contribution in [0.2, 0.25) is 0 Å². The van der Waals surface area contributed by atoms with Crippen LogP contribution in [0.3, 0.4) is 0 Å². The molecule has 0 saturated carbocycles. The van der Waals surface area contributed by atoms with Gasteiger partial charge < -0.3 is 0 Å². The molecule has 0 unspecified atom stereocenters. The third kappa shape index (κ3) is 3.67. The van der Waals surface area contributed by atoms with Gasteiger partial charge in [0.05, 0.1) is 10.6 Å². The van der Waals surface area contributed by atoms with E-state index in [0.29, 0.717) is 4.90 Å². The third-order valence-corrected chi connectivity index (χ3v) is 7.81. The lowest BCUT2D eigenvalue weighted by molar-refractivity contribution is 0.247. The van der Waals surface area contributed by atoms with Crippen molar-refractivity contribution in [2.24, 2.45) is 5.41 Å². The summed E-state index contributed by atoms with van der Waals surface area (Å²) in [5.41, 5.74) is 2.05. The Morgan fingerprint density at radius 1 is 1.00 bits per heavy atom. The molecule has 0 saturated heterocycles. The number of hydrogen-bond acceptors (Lipinski definition) is 2. The quantitative estimate of drug-likeness (QED) is 0.700. The van der Waals surface area contributed by atoms with Crippen LogP contribution < -0.4 is 0 Å². The second-order valence-corrected chi connectivity index (χ2v) is 9.38. The van der Waals surface area contributed by atoms with Gasteiger partial charge in [-0.3, -0.25) is 0 Å². The topological polar surface area (TPSA) is 34.1 Å². The summed E-state index contributed by atoms with van der Waals surface area (Å²) in [6.45, 7) is 4.33. The highest BCUT2D eigenvalue weighted by molar-refractivity contribution is 7.91. The smallest absolute Gasteiger partial charge is 0.179 e. The standard InChI is InChI=1S/C22H28O2S/c1-3-5-15-22(4-2)16-20(18-11-7-6-8-12-18)19-13-9-10-14-21(19)25(23,24)17-22/h6-14,20H,3-5,15-17H2,1-2H3/t20-,22+/m0/s1. The summed E-state index contributed by atoms with van der Waals surface area (Å²) in [7, 11) is -3.27. The summed E-state index contributed by atoms with van der Waals surface area (Å²) >= 11 is 0. The summed E-state index contributed by atoms with van der Waals surface area (Å²) in [5, 5.41) is 0. The van der Waals surface area contributed by atoms with E-state index in [1.807, 2.05) is 24.3 Å². The fourth-order valence-electron chi connectivity index (χ4n) is 4.27. The van der Waals surface area contributed by atoms with Crippen molar-refractivity contribution in [1.82, 2.24) is 0 Å². The van der Waals surface area contributed by atoms with Crippen molar-refractivity contribution in [2.75, 3.05) is 5.75 Å². The van der Waals surface area contributed by atoms with Gasteiger partial charge in [0.15, 0.2) is 9.84 Å². The molecule has 2 aromatic rings. The normalized spacial score (nSPS) is 25.1. The fraction of sp³-hybridized carbons (Fsp3) is 0.455. The van der Waals surface area contributed by atoms with Gasteiger partial charge in [-0.2, -0.15) is 0 Å². The second kappa shape index (κ2) is 7.33. The monoisotopic (exact) mass is 356 g/mol. The molecule has 2 atom stereocenters. The summed E-state index contributed by atoms with van der Waals surface area (Å²) in [5.74, 6) is 0.420. The lowest BCUT2D eigenvalue weighted by atomic mass is 9.71. The number of unbranched alkanes of at least 4 members (excludes halogenated alkanes) is 1. The molecule has 0 amide bonds. The van der Waals surface area contributed by atoms with E-state index in [2.05, 4.69) is 38.1 Å². The largest absolute Gasteiger partial charge is 0.224 e. The Labute approximate surface area is 152 Å². The van der Waals surface area contributed by atoms with Crippen molar-refractivity contribution in [1.29, 1.82) is 0 Å². The Balaban J connectivity index is 2.17. The SMILES string of the molecule is CCCC[C@]1(CC)C[C@@H](c2ccccc2)c2ccccc2S(=O)(=O)C1. The molecule has 2 nitrogen and oxygen atoms in total. The summed E-state index contributed by atoms with van der Waals surface area (Å²) in [6.07, 6.45) is 4.98. The molecule has 0 aliphatic carbocycles. The van der Waals surface area contributed by atoms with Crippen LogP contribution in [0.25, 0.3) is 0 Å². The van der Waals surface area contributed by atoms with Gasteiger partial charge in [-0.15, -0.1) is 0 Å². The maximum absolute atomic E-state index is 13.2. The van der Waals surface area contributed by atoms with E-state index in [1.165, 1.54) is 5.56 Å². The first kappa shape index (κ1) is 18.2. The van der Waals surface area contributed by atoms with Crippen molar-refractivity contribution in [3.05, 3.63) is 65.7 Å². The Kier molecular flexibility index (Phi) is 5.33. The van der Waals surface area contributed by atoms with Crippen molar-refractivity contribution < 1.29 is 8.42 Å². The van der Waals surface area contributed by atoms with Gasteiger partial charge in [-0.1, -0.05) is 75.2 Å². The summed E-state index contributed by atoms with van der Waals surface area (Å²) in [4.78, 5) is 0.538. The lowest BCUT2D eigenvalue weighted by Gasteiger charge is -2.34. The van der Waals surface area contributed by atoms with Gasteiger partial charge in [0.2, 0.25) is 0 Å². The average Bonchev–Trinajstić information content (AvgIpc) is 2.74. The highest BCUT2D eigenvalue weighted by atomic mass is 32.2. The van der Waals surface area contributed by atoms with Crippen molar-refractivity contribution >= 4 is 9.84 Å². The van der Waals surface area contributed by atoms with Gasteiger partial charge in [0.25, 0.3) is 0 Å². The molecule has 0 spiro atoms. The van der Waals surface area contributed by atoms with Crippen LogP contribution in [-0.4, -0.2) is 14.2 Å². The fourth-order valence-corrected chi connectivity index (χ4v) is 6.55. The number of sulfone groups is 1. The number of fused-ring (bicyclic) bond motifs is 1. The molecule has 1 aliphatic heterocycles. The molecular formula is C22H28O2S.